The van der Waals surface area contributed by atoms with Crippen LogP contribution < -0.4 is 11.1 Å². The zero-order chi connectivity index (χ0) is 15.5. The van der Waals surface area contributed by atoms with Gasteiger partial charge in [0.25, 0.3) is 0 Å². The van der Waals surface area contributed by atoms with Crippen LogP contribution in [0.4, 0.5) is 0 Å². The van der Waals surface area contributed by atoms with Gasteiger partial charge in [-0.05, 0) is 25.5 Å². The third-order valence-electron chi connectivity index (χ3n) is 4.98. The molecule has 0 aliphatic heterocycles. The van der Waals surface area contributed by atoms with Crippen molar-refractivity contribution in [2.75, 3.05) is 13.7 Å². The maximum absolute atomic E-state index is 5.98. The van der Waals surface area contributed by atoms with Gasteiger partial charge in [-0.2, -0.15) is 0 Å². The lowest BCUT2D eigenvalue weighted by Gasteiger charge is -2.59. The largest absolute Gasteiger partial charge is 0.378 e. The van der Waals surface area contributed by atoms with Crippen molar-refractivity contribution in [2.45, 2.75) is 45.3 Å². The van der Waals surface area contributed by atoms with Crippen LogP contribution in [0, 0.1) is 5.41 Å². The molecule has 5 nitrogen and oxygen atoms in total. The molecule has 0 amide bonds. The SMILES string of the molecule is COC1(C)CC(NC(N)=NCCc2ccccn2)C1(C)C.I. The van der Waals surface area contributed by atoms with E-state index in [0.717, 1.165) is 18.5 Å². The molecule has 0 bridgehead atoms. The fourth-order valence-corrected chi connectivity index (χ4v) is 2.78. The molecule has 1 heterocycles. The Morgan fingerprint density at radius 3 is 2.73 bits per heavy atom. The van der Waals surface area contributed by atoms with E-state index in [1.165, 1.54) is 0 Å². The molecule has 124 valence electrons. The van der Waals surface area contributed by atoms with Gasteiger partial charge < -0.3 is 15.8 Å². The monoisotopic (exact) mass is 418 g/mol. The summed E-state index contributed by atoms with van der Waals surface area (Å²) in [6.07, 6.45) is 3.53. The number of methoxy groups -OCH3 is 1. The first-order chi connectivity index (χ1) is 9.89. The number of ether oxygens (including phenoxy) is 1. The van der Waals surface area contributed by atoms with Gasteiger partial charge in [0.15, 0.2) is 5.96 Å². The average molecular weight is 418 g/mol. The van der Waals surface area contributed by atoms with Crippen molar-refractivity contribution in [3.63, 3.8) is 0 Å². The first-order valence-corrected chi connectivity index (χ1v) is 7.40. The first kappa shape index (κ1) is 19.2. The number of aliphatic imine (C=N–C) groups is 1. The molecule has 1 aromatic rings. The fraction of sp³-hybridized carbons (Fsp3) is 0.625. The van der Waals surface area contributed by atoms with Gasteiger partial charge in [-0.3, -0.25) is 9.98 Å². The Morgan fingerprint density at radius 1 is 1.45 bits per heavy atom. The van der Waals surface area contributed by atoms with Gasteiger partial charge in [-0.1, -0.05) is 19.9 Å². The minimum absolute atomic E-state index is 0. The average Bonchev–Trinajstić information content (AvgIpc) is 2.47. The highest BCUT2D eigenvalue weighted by molar-refractivity contribution is 14.0. The van der Waals surface area contributed by atoms with Gasteiger partial charge in [-0.15, -0.1) is 24.0 Å². The Morgan fingerprint density at radius 2 is 2.18 bits per heavy atom. The quantitative estimate of drug-likeness (QED) is 0.438. The molecule has 0 radical (unpaired) electrons. The highest BCUT2D eigenvalue weighted by Gasteiger charge is 2.57. The Labute approximate surface area is 150 Å². The minimum atomic E-state index is -0.0983. The van der Waals surface area contributed by atoms with E-state index >= 15 is 0 Å². The number of hydrogen-bond acceptors (Lipinski definition) is 3. The standard InChI is InChI=1S/C16H26N4O.HI/c1-15(2)13(11-16(15,3)21-4)20-14(17)19-10-8-12-7-5-6-9-18-12;/h5-7,9,13H,8,10-11H2,1-4H3,(H3,17,19,20);1H. The number of guanidine groups is 1. The van der Waals surface area contributed by atoms with E-state index < -0.39 is 0 Å². The van der Waals surface area contributed by atoms with E-state index in [1.54, 1.807) is 13.3 Å². The van der Waals surface area contributed by atoms with Crippen molar-refractivity contribution in [2.24, 2.45) is 16.1 Å². The highest BCUT2D eigenvalue weighted by atomic mass is 127. The zero-order valence-electron chi connectivity index (χ0n) is 13.8. The van der Waals surface area contributed by atoms with Crippen molar-refractivity contribution < 1.29 is 4.74 Å². The van der Waals surface area contributed by atoms with Crippen LogP contribution in [-0.4, -0.2) is 36.2 Å². The van der Waals surface area contributed by atoms with Gasteiger partial charge in [0.05, 0.1) is 5.60 Å². The van der Waals surface area contributed by atoms with Gasteiger partial charge >= 0.3 is 0 Å². The summed E-state index contributed by atoms with van der Waals surface area (Å²) < 4.78 is 5.61. The predicted molar refractivity (Wildman–Crippen MR) is 101 cm³/mol. The summed E-state index contributed by atoms with van der Waals surface area (Å²) in [6.45, 7) is 7.17. The lowest BCUT2D eigenvalue weighted by Crippen LogP contribution is -2.69. The molecule has 2 unspecified atom stereocenters. The summed E-state index contributed by atoms with van der Waals surface area (Å²) in [4.78, 5) is 8.65. The van der Waals surface area contributed by atoms with Crippen LogP contribution in [0.3, 0.4) is 0 Å². The molecule has 1 saturated carbocycles. The number of rotatable bonds is 5. The molecular weight excluding hydrogens is 391 g/mol. The molecule has 2 rings (SSSR count). The maximum Gasteiger partial charge on any atom is 0.188 e. The highest BCUT2D eigenvalue weighted by Crippen LogP contribution is 2.51. The Hall–Kier alpha value is -0.890. The van der Waals surface area contributed by atoms with Crippen molar-refractivity contribution in [3.05, 3.63) is 30.1 Å². The molecule has 2 atom stereocenters. The van der Waals surface area contributed by atoms with Crippen LogP contribution >= 0.6 is 24.0 Å². The normalized spacial score (nSPS) is 26.7. The minimum Gasteiger partial charge on any atom is -0.378 e. The van der Waals surface area contributed by atoms with Gasteiger partial charge in [0.1, 0.15) is 0 Å². The molecule has 1 fully saturated rings. The van der Waals surface area contributed by atoms with E-state index in [-0.39, 0.29) is 35.0 Å². The van der Waals surface area contributed by atoms with Crippen LogP contribution in [0.15, 0.2) is 29.4 Å². The zero-order valence-corrected chi connectivity index (χ0v) is 16.1. The lowest BCUT2D eigenvalue weighted by atomic mass is 9.56. The second-order valence-electron chi connectivity index (χ2n) is 6.40. The Bertz CT molecular complexity index is 506. The fourth-order valence-electron chi connectivity index (χ4n) is 2.78. The van der Waals surface area contributed by atoms with E-state index in [4.69, 9.17) is 10.5 Å². The second-order valence-corrected chi connectivity index (χ2v) is 6.40. The third-order valence-corrected chi connectivity index (χ3v) is 4.98. The summed E-state index contributed by atoms with van der Waals surface area (Å²) in [5.74, 6) is 0.502. The molecule has 22 heavy (non-hydrogen) atoms. The van der Waals surface area contributed by atoms with Crippen LogP contribution in [0.5, 0.6) is 0 Å². The Kier molecular flexibility index (Phi) is 6.61. The lowest BCUT2D eigenvalue weighted by molar-refractivity contribution is -0.176. The molecule has 0 spiro atoms. The van der Waals surface area contributed by atoms with Crippen molar-refractivity contribution >= 4 is 29.9 Å². The Balaban J connectivity index is 0.00000242. The summed E-state index contributed by atoms with van der Waals surface area (Å²) in [5.41, 5.74) is 6.94. The van der Waals surface area contributed by atoms with Gasteiger partial charge in [-0.25, -0.2) is 0 Å². The number of hydrogen-bond donors (Lipinski definition) is 2. The van der Waals surface area contributed by atoms with E-state index in [2.05, 4.69) is 36.1 Å². The summed E-state index contributed by atoms with van der Waals surface area (Å²) in [7, 11) is 1.77. The van der Waals surface area contributed by atoms with Crippen LogP contribution in [0.2, 0.25) is 0 Å². The predicted octanol–water partition coefficient (Wildman–Crippen LogP) is 2.35. The summed E-state index contributed by atoms with van der Waals surface area (Å²) in [6, 6.07) is 6.18. The van der Waals surface area contributed by atoms with Crippen LogP contribution in [-0.2, 0) is 11.2 Å². The van der Waals surface area contributed by atoms with Crippen molar-refractivity contribution in [3.8, 4) is 0 Å². The topological polar surface area (TPSA) is 72.5 Å². The number of aromatic nitrogens is 1. The molecule has 0 aromatic carbocycles. The van der Waals surface area contributed by atoms with E-state index in [9.17, 15) is 0 Å². The molecule has 6 heteroatoms. The second kappa shape index (κ2) is 7.59. The number of nitrogens with one attached hydrogen (secondary N) is 1. The first-order valence-electron chi connectivity index (χ1n) is 7.40. The van der Waals surface area contributed by atoms with Crippen molar-refractivity contribution in [1.29, 1.82) is 0 Å². The van der Waals surface area contributed by atoms with Crippen LogP contribution in [0.1, 0.15) is 32.9 Å². The molecule has 1 aliphatic carbocycles. The molecule has 1 aliphatic rings. The van der Waals surface area contributed by atoms with Crippen LogP contribution in [0.25, 0.3) is 0 Å². The molecule has 3 N–H and O–H groups in total. The number of nitrogens with two attached hydrogens (primary N) is 1. The number of nitrogens with zero attached hydrogens (tertiary/aromatic N) is 2. The van der Waals surface area contributed by atoms with Gasteiger partial charge in [0.2, 0.25) is 0 Å². The molecule has 1 aromatic heterocycles. The summed E-state index contributed by atoms with van der Waals surface area (Å²) >= 11 is 0. The van der Waals surface area contributed by atoms with E-state index in [0.29, 0.717) is 18.5 Å². The summed E-state index contributed by atoms with van der Waals surface area (Å²) in [5, 5.41) is 3.31. The maximum atomic E-state index is 5.98. The molecular formula is C16H27IN4O. The van der Waals surface area contributed by atoms with Crippen molar-refractivity contribution in [1.82, 2.24) is 10.3 Å². The third kappa shape index (κ3) is 3.90. The van der Waals surface area contributed by atoms with E-state index in [1.807, 2.05) is 18.2 Å². The van der Waals surface area contributed by atoms with Gasteiger partial charge in [0, 0.05) is 43.4 Å². The molecule has 0 saturated heterocycles. The number of pyridine rings is 1. The smallest absolute Gasteiger partial charge is 0.188 e. The number of halogens is 1.